The van der Waals surface area contributed by atoms with Crippen molar-refractivity contribution in [3.63, 3.8) is 0 Å². The molecule has 0 amide bonds. The first-order valence-corrected chi connectivity index (χ1v) is 49.1. The summed E-state index contributed by atoms with van der Waals surface area (Å²) < 4.78 is 16.3. The smallest absolute Gasteiger partial charge is 0.179 e. The van der Waals surface area contributed by atoms with Crippen molar-refractivity contribution < 1.29 is 0 Å². The molecule has 13 heteroatoms. The van der Waals surface area contributed by atoms with Gasteiger partial charge in [0, 0.05) is 109 Å². The highest BCUT2D eigenvalue weighted by atomic mass is 15.1. The molecule has 0 fully saturated rings. The predicted octanol–water partition coefficient (Wildman–Crippen LogP) is 33.1. The van der Waals surface area contributed by atoms with Crippen molar-refractivity contribution in [2.24, 2.45) is 0 Å². The molecule has 0 unspecified atom stereocenters. The lowest BCUT2D eigenvalue weighted by molar-refractivity contribution is 1.01. The van der Waals surface area contributed by atoms with Gasteiger partial charge in [-0.1, -0.05) is 340 Å². The van der Waals surface area contributed by atoms with Gasteiger partial charge in [0.15, 0.2) is 5.82 Å². The van der Waals surface area contributed by atoms with Gasteiger partial charge in [-0.25, -0.2) is 29.9 Å². The van der Waals surface area contributed by atoms with Crippen LogP contribution in [0.25, 0.3) is 261 Å². The molecular weight excluding hydrogens is 1770 g/mol. The van der Waals surface area contributed by atoms with E-state index in [4.69, 9.17) is 29.9 Å². The highest BCUT2D eigenvalue weighted by molar-refractivity contribution is 6.23. The number of para-hydroxylation sites is 11. The fourth-order valence-corrected chi connectivity index (χ4v) is 22.1. The Hall–Kier alpha value is -19.8. The van der Waals surface area contributed by atoms with Crippen LogP contribution in [0.4, 0.5) is 0 Å². The summed E-state index contributed by atoms with van der Waals surface area (Å²) in [6, 6.07) is 182. The molecule has 0 atom stereocenters. The highest BCUT2D eigenvalue weighted by Gasteiger charge is 2.27. The van der Waals surface area contributed by atoms with Gasteiger partial charge < -0.3 is 13.7 Å². The van der Waals surface area contributed by atoms with Gasteiger partial charge in [-0.2, -0.15) is 0 Å². The van der Waals surface area contributed by atoms with Gasteiger partial charge in [0.1, 0.15) is 29.0 Å². The molecule has 13 nitrogen and oxygen atoms in total. The van der Waals surface area contributed by atoms with Crippen LogP contribution in [0.2, 0.25) is 0 Å². The zero-order valence-corrected chi connectivity index (χ0v) is 78.4. The Morgan fingerprint density at radius 3 is 0.648 bits per heavy atom. The van der Waals surface area contributed by atoms with E-state index >= 15 is 0 Å². The molecule has 0 saturated heterocycles. The van der Waals surface area contributed by atoms with Crippen LogP contribution in [-0.4, -0.2) is 61.9 Å². The minimum Gasteiger partial charge on any atom is -0.309 e. The van der Waals surface area contributed by atoms with Crippen molar-refractivity contribution in [2.75, 3.05) is 0 Å². The molecule has 0 N–H and O–H groups in total. The normalized spacial score (nSPS) is 11.7. The third kappa shape index (κ3) is 14.1. The van der Waals surface area contributed by atoms with Crippen molar-refractivity contribution in [3.8, 4) is 108 Å². The third-order valence-corrected chi connectivity index (χ3v) is 28.5. The van der Waals surface area contributed by atoms with Gasteiger partial charge in [0.2, 0.25) is 0 Å². The minimum atomic E-state index is 0.584. The molecule has 0 saturated carbocycles. The maximum atomic E-state index is 5.37. The maximum Gasteiger partial charge on any atom is 0.179 e. The fourth-order valence-electron chi connectivity index (χ4n) is 22.1. The molecule has 145 heavy (non-hydrogen) atoms. The van der Waals surface area contributed by atoms with E-state index in [2.05, 4.69) is 493 Å². The SMILES string of the molecule is c1ccc(-c2cc(-c3ccccc3)nc(-c3cccc(-n4c5ccccc5c5cc6c(cc54)c4ccccc4n6-c4ccccc4)n3)c2)cc1.c1ccc(-c2cc(-c3ccccc3)nc(-c3cccc(-n4c5ccccc5c5cc6c(cc54)c4ccccc4n6-c4ccccc4)n3)n2)cc1.c1ccc(-n2c3ccccc3c3cc4c(cc32)c2ccccc2n4-c2cccc(-n3c4ccccc4c4ccccc43)n2)cc1. The van der Waals surface area contributed by atoms with Crippen LogP contribution in [0.3, 0.4) is 0 Å². The van der Waals surface area contributed by atoms with Crippen LogP contribution in [0.5, 0.6) is 0 Å². The van der Waals surface area contributed by atoms with Crippen molar-refractivity contribution in [1.82, 2.24) is 61.9 Å². The van der Waals surface area contributed by atoms with Gasteiger partial charge >= 0.3 is 0 Å². The van der Waals surface area contributed by atoms with Crippen LogP contribution >= 0.6 is 0 Å². The lowest BCUT2D eigenvalue weighted by Gasteiger charge is -2.12. The van der Waals surface area contributed by atoms with Gasteiger partial charge in [-0.3, -0.25) is 18.3 Å². The van der Waals surface area contributed by atoms with Crippen LogP contribution < -0.4 is 0 Å². The number of rotatable bonds is 13. The van der Waals surface area contributed by atoms with Crippen LogP contribution in [0, 0.1) is 0 Å². The number of benzene rings is 18. The Bertz CT molecular complexity index is 9770. The number of hydrogen-bond donors (Lipinski definition) is 0. The Morgan fingerprint density at radius 1 is 0.110 bits per heavy atom. The highest BCUT2D eigenvalue weighted by Crippen LogP contribution is 2.46. The van der Waals surface area contributed by atoms with E-state index in [-0.39, 0.29) is 0 Å². The summed E-state index contributed by atoms with van der Waals surface area (Å²) in [6.45, 7) is 0. The van der Waals surface area contributed by atoms with Gasteiger partial charge in [-0.05, 0) is 187 Å². The summed E-state index contributed by atoms with van der Waals surface area (Å²) in [4.78, 5) is 31.3. The van der Waals surface area contributed by atoms with E-state index in [9.17, 15) is 0 Å². The zero-order chi connectivity index (χ0) is 95.5. The summed E-state index contributed by atoms with van der Waals surface area (Å²) in [6.07, 6.45) is 0. The first-order chi connectivity index (χ1) is 71.9. The average molecular weight is 1850 g/mol. The molecule has 0 radical (unpaired) electrons. The Kier molecular flexibility index (Phi) is 20.0. The standard InChI is InChI=1S/C46H30N4.C45H29N5.C41H26N4/c1-4-15-31(16-5-1)33-27-40(32-17-6-2-7-18-32)47-41(28-33)39-23-14-26-46(48-39)50-43-25-13-11-22-36(43)38-29-44-37(30-45(38)50)35-21-10-12-24-42(35)49(44)34-19-8-3-9-20-34;1-4-15-30(16-5-1)38-29-39(31-17-6-2-7-18-31)48-45(47-38)37-23-14-26-44(46-37)50-41-25-13-11-22-34(41)36-27-42-35(28-43(36)50)33-21-10-12-24-40(33)49(42)32-19-8-3-9-20-32;1-2-13-27(14-3-1)43-34-19-8-6-17-30(34)32-26-39-33(25-38(32)43)31-18-7-11-22-37(31)45(39)41-24-12-23-40(42-41)44-35-20-9-4-15-28(35)29-16-5-10-21-36(29)44/h1-30H;1-29H;1-26H. The summed E-state index contributed by atoms with van der Waals surface area (Å²) in [5.74, 6) is 4.05. The summed E-state index contributed by atoms with van der Waals surface area (Å²) in [5, 5.41) is 16.9. The molecule has 0 aliphatic carbocycles. The lowest BCUT2D eigenvalue weighted by atomic mass is 10.0. The molecule has 30 aromatic rings. The van der Waals surface area contributed by atoms with E-state index in [0.29, 0.717) is 11.5 Å². The van der Waals surface area contributed by atoms with E-state index in [1.807, 2.05) is 54.6 Å². The van der Waals surface area contributed by atoms with Gasteiger partial charge in [0.25, 0.3) is 0 Å². The Morgan fingerprint density at radius 2 is 0.331 bits per heavy atom. The molecule has 30 rings (SSSR count). The van der Waals surface area contributed by atoms with Crippen molar-refractivity contribution in [3.05, 3.63) is 516 Å². The van der Waals surface area contributed by atoms with Gasteiger partial charge in [-0.15, -0.1) is 0 Å². The first kappa shape index (κ1) is 83.4. The third-order valence-electron chi connectivity index (χ3n) is 28.5. The number of nitrogens with zero attached hydrogens (tertiary/aromatic N) is 13. The second-order valence-electron chi connectivity index (χ2n) is 36.8. The topological polar surface area (TPSA) is 112 Å². The molecule has 678 valence electrons. The molecule has 0 spiro atoms. The molecule has 12 heterocycles. The summed E-state index contributed by atoms with van der Waals surface area (Å²) >= 11 is 0. The first-order valence-electron chi connectivity index (χ1n) is 49.1. The Balaban J connectivity index is 0.000000106. The minimum absolute atomic E-state index is 0.584. The summed E-state index contributed by atoms with van der Waals surface area (Å²) in [5.41, 5.74) is 30.0. The monoisotopic (exact) mass is 1850 g/mol. The van der Waals surface area contributed by atoms with Crippen LogP contribution in [0.15, 0.2) is 516 Å². The van der Waals surface area contributed by atoms with Crippen LogP contribution in [-0.2, 0) is 0 Å². The largest absolute Gasteiger partial charge is 0.309 e. The lowest BCUT2D eigenvalue weighted by Crippen LogP contribution is -2.03. The second-order valence-corrected chi connectivity index (χ2v) is 36.8. The number of fused-ring (bicyclic) bond motifs is 21. The average Bonchev–Trinajstić information content (AvgIpc) is 1.56. The number of hydrogen-bond acceptors (Lipinski definition) is 6. The van der Waals surface area contributed by atoms with Crippen LogP contribution in [0.1, 0.15) is 0 Å². The van der Waals surface area contributed by atoms with Crippen molar-refractivity contribution >= 4 is 153 Å². The maximum absolute atomic E-state index is 5.37. The molecule has 18 aromatic carbocycles. The second kappa shape index (κ2) is 34.7. The molecular formula is C132H85N13. The fraction of sp³-hybridized carbons (Fsp3) is 0. The Labute approximate surface area is 832 Å². The number of pyridine rings is 4. The van der Waals surface area contributed by atoms with E-state index in [1.54, 1.807) is 0 Å². The van der Waals surface area contributed by atoms with Crippen molar-refractivity contribution in [1.29, 1.82) is 0 Å². The van der Waals surface area contributed by atoms with E-state index < -0.39 is 0 Å². The molecule has 0 bridgehead atoms. The predicted molar refractivity (Wildman–Crippen MR) is 599 cm³/mol. The quantitative estimate of drug-likeness (QED) is 0.114. The summed E-state index contributed by atoms with van der Waals surface area (Å²) in [7, 11) is 0. The molecule has 12 aromatic heterocycles. The van der Waals surface area contributed by atoms with E-state index in [0.717, 1.165) is 141 Å². The number of aromatic nitrogens is 13. The molecule has 0 aliphatic heterocycles. The zero-order valence-electron chi connectivity index (χ0n) is 78.4. The molecule has 0 aliphatic rings. The van der Waals surface area contributed by atoms with E-state index in [1.165, 1.54) is 109 Å². The van der Waals surface area contributed by atoms with Gasteiger partial charge in [0.05, 0.1) is 106 Å². The van der Waals surface area contributed by atoms with Crippen molar-refractivity contribution in [2.45, 2.75) is 0 Å².